The number of methoxy groups -OCH3 is 1. The van der Waals surface area contributed by atoms with E-state index in [1.807, 2.05) is 31.2 Å². The van der Waals surface area contributed by atoms with E-state index in [1.54, 1.807) is 31.5 Å². The van der Waals surface area contributed by atoms with E-state index >= 15 is 0 Å². The number of nitrogens with zero attached hydrogens (tertiary/aromatic N) is 1. The molecule has 5 nitrogen and oxygen atoms in total. The van der Waals surface area contributed by atoms with Crippen LogP contribution < -0.4 is 9.47 Å². The van der Waals surface area contributed by atoms with Crippen LogP contribution in [0.25, 0.3) is 22.5 Å². The topological polar surface area (TPSA) is 64.7 Å². The van der Waals surface area contributed by atoms with E-state index in [0.29, 0.717) is 29.4 Å². The van der Waals surface area contributed by atoms with Crippen molar-refractivity contribution in [3.05, 3.63) is 60.8 Å². The number of para-hydroxylation sites is 1. The van der Waals surface area contributed by atoms with Crippen LogP contribution in [-0.2, 0) is 0 Å². The minimum Gasteiger partial charge on any atom is -0.507 e. The molecule has 25 heavy (non-hydrogen) atoms. The molecule has 5 heteroatoms. The standard InChI is InChI=1S/C20H19NO4/c1-13(2)12-24-14-8-9-16(18(22)10-14)20-17(11-21-25-20)15-6-4-5-7-19(15)23-3/h4-11,22H,1,12H2,2-3H3. The summed E-state index contributed by atoms with van der Waals surface area (Å²) in [5, 5.41) is 14.3. The van der Waals surface area contributed by atoms with Gasteiger partial charge in [-0.25, -0.2) is 0 Å². The average molecular weight is 337 g/mol. The molecule has 0 saturated carbocycles. The van der Waals surface area contributed by atoms with Gasteiger partial charge in [0.05, 0.1) is 24.4 Å². The molecular weight excluding hydrogens is 318 g/mol. The fourth-order valence-electron chi connectivity index (χ4n) is 2.49. The third kappa shape index (κ3) is 3.50. The maximum atomic E-state index is 10.4. The van der Waals surface area contributed by atoms with Crippen molar-refractivity contribution in [1.29, 1.82) is 0 Å². The van der Waals surface area contributed by atoms with Gasteiger partial charge in [-0.1, -0.05) is 29.9 Å². The molecule has 3 aromatic rings. The largest absolute Gasteiger partial charge is 0.507 e. The van der Waals surface area contributed by atoms with Gasteiger partial charge in [0.1, 0.15) is 23.9 Å². The quantitative estimate of drug-likeness (QED) is 0.662. The minimum absolute atomic E-state index is 0.0483. The summed E-state index contributed by atoms with van der Waals surface area (Å²) in [5.74, 6) is 1.77. The lowest BCUT2D eigenvalue weighted by molar-refractivity contribution is 0.349. The van der Waals surface area contributed by atoms with Crippen LogP contribution in [0.1, 0.15) is 6.92 Å². The summed E-state index contributed by atoms with van der Waals surface area (Å²) in [6, 6.07) is 12.6. The van der Waals surface area contributed by atoms with Crippen molar-refractivity contribution in [1.82, 2.24) is 5.16 Å². The first-order valence-corrected chi connectivity index (χ1v) is 7.78. The minimum atomic E-state index is 0.0483. The lowest BCUT2D eigenvalue weighted by Crippen LogP contribution is -1.97. The molecule has 2 aromatic carbocycles. The predicted octanol–water partition coefficient (Wildman–Crippen LogP) is 4.68. The molecule has 0 radical (unpaired) electrons. The van der Waals surface area contributed by atoms with Crippen molar-refractivity contribution in [2.45, 2.75) is 6.92 Å². The Morgan fingerprint density at radius 2 is 1.96 bits per heavy atom. The molecule has 0 aliphatic heterocycles. The Kier molecular flexibility index (Phi) is 4.75. The second-order valence-electron chi connectivity index (χ2n) is 5.69. The van der Waals surface area contributed by atoms with Gasteiger partial charge < -0.3 is 19.1 Å². The number of phenols is 1. The van der Waals surface area contributed by atoms with Crippen LogP contribution in [0, 0.1) is 0 Å². The van der Waals surface area contributed by atoms with Gasteiger partial charge in [0.15, 0.2) is 5.76 Å². The molecule has 3 rings (SSSR count). The highest BCUT2D eigenvalue weighted by Crippen LogP contribution is 2.41. The number of aromatic hydroxyl groups is 1. The van der Waals surface area contributed by atoms with Crippen molar-refractivity contribution in [3.8, 4) is 39.7 Å². The number of phenolic OH excluding ortho intramolecular Hbond substituents is 1. The molecule has 0 aliphatic carbocycles. The highest BCUT2D eigenvalue weighted by Gasteiger charge is 2.19. The zero-order valence-electron chi connectivity index (χ0n) is 14.2. The summed E-state index contributed by atoms with van der Waals surface area (Å²) in [6.45, 7) is 6.06. The molecule has 1 N–H and O–H groups in total. The van der Waals surface area contributed by atoms with E-state index in [4.69, 9.17) is 14.0 Å². The van der Waals surface area contributed by atoms with Crippen molar-refractivity contribution < 1.29 is 19.1 Å². The third-order valence-corrected chi connectivity index (χ3v) is 3.67. The Hall–Kier alpha value is -3.21. The maximum Gasteiger partial charge on any atom is 0.178 e. The lowest BCUT2D eigenvalue weighted by atomic mass is 10.0. The van der Waals surface area contributed by atoms with Crippen LogP contribution >= 0.6 is 0 Å². The summed E-state index contributed by atoms with van der Waals surface area (Å²) < 4.78 is 16.4. The number of hydrogen-bond donors (Lipinski definition) is 1. The molecule has 0 saturated heterocycles. The Labute approximate surface area is 146 Å². The van der Waals surface area contributed by atoms with Gasteiger partial charge in [-0.05, 0) is 30.7 Å². The Balaban J connectivity index is 1.99. The van der Waals surface area contributed by atoms with Gasteiger partial charge in [0.25, 0.3) is 0 Å². The van der Waals surface area contributed by atoms with Crippen molar-refractivity contribution >= 4 is 0 Å². The summed E-state index contributed by atoms with van der Waals surface area (Å²) in [7, 11) is 1.61. The fourth-order valence-corrected chi connectivity index (χ4v) is 2.49. The molecule has 0 atom stereocenters. The van der Waals surface area contributed by atoms with Gasteiger partial charge in [-0.2, -0.15) is 0 Å². The second kappa shape index (κ2) is 7.13. The molecule has 0 aliphatic rings. The summed E-state index contributed by atoms with van der Waals surface area (Å²) >= 11 is 0. The third-order valence-electron chi connectivity index (χ3n) is 3.67. The summed E-state index contributed by atoms with van der Waals surface area (Å²) in [5.41, 5.74) is 3.00. The van der Waals surface area contributed by atoms with Gasteiger partial charge in [0.2, 0.25) is 0 Å². The number of benzene rings is 2. The summed E-state index contributed by atoms with van der Waals surface area (Å²) in [4.78, 5) is 0. The fraction of sp³-hybridized carbons (Fsp3) is 0.150. The van der Waals surface area contributed by atoms with E-state index in [9.17, 15) is 5.11 Å². The number of hydrogen-bond acceptors (Lipinski definition) is 5. The molecule has 128 valence electrons. The molecule has 0 fully saturated rings. The van der Waals surface area contributed by atoms with Gasteiger partial charge in [-0.15, -0.1) is 0 Å². The van der Waals surface area contributed by atoms with Crippen LogP contribution in [0.3, 0.4) is 0 Å². The van der Waals surface area contributed by atoms with E-state index in [1.165, 1.54) is 0 Å². The highest BCUT2D eigenvalue weighted by molar-refractivity contribution is 5.84. The van der Waals surface area contributed by atoms with E-state index in [-0.39, 0.29) is 5.75 Å². The first-order valence-electron chi connectivity index (χ1n) is 7.78. The smallest absolute Gasteiger partial charge is 0.178 e. The molecule has 0 bridgehead atoms. The first kappa shape index (κ1) is 16.6. The predicted molar refractivity (Wildman–Crippen MR) is 95.9 cm³/mol. The number of aromatic nitrogens is 1. The SMILES string of the molecule is C=C(C)COc1ccc(-c2oncc2-c2ccccc2OC)c(O)c1. The van der Waals surface area contributed by atoms with Crippen molar-refractivity contribution in [2.75, 3.05) is 13.7 Å². The maximum absolute atomic E-state index is 10.4. The Morgan fingerprint density at radius 3 is 2.68 bits per heavy atom. The summed E-state index contributed by atoms with van der Waals surface area (Å²) in [6.07, 6.45) is 1.61. The van der Waals surface area contributed by atoms with Crippen LogP contribution in [0.15, 0.2) is 65.3 Å². The second-order valence-corrected chi connectivity index (χ2v) is 5.69. The molecule has 1 aromatic heterocycles. The van der Waals surface area contributed by atoms with Gasteiger partial charge in [0, 0.05) is 11.6 Å². The van der Waals surface area contributed by atoms with Crippen LogP contribution in [0.2, 0.25) is 0 Å². The average Bonchev–Trinajstić information content (AvgIpc) is 3.09. The van der Waals surface area contributed by atoms with Crippen molar-refractivity contribution in [2.24, 2.45) is 0 Å². The van der Waals surface area contributed by atoms with Gasteiger partial charge >= 0.3 is 0 Å². The lowest BCUT2D eigenvalue weighted by Gasteiger charge is -2.10. The zero-order valence-corrected chi connectivity index (χ0v) is 14.2. The molecular formula is C20H19NO4. The molecule has 0 unspecified atom stereocenters. The van der Waals surface area contributed by atoms with E-state index in [0.717, 1.165) is 16.7 Å². The van der Waals surface area contributed by atoms with E-state index in [2.05, 4.69) is 11.7 Å². The van der Waals surface area contributed by atoms with Crippen LogP contribution in [-0.4, -0.2) is 24.0 Å². The molecule has 0 spiro atoms. The normalized spacial score (nSPS) is 10.5. The molecule has 0 amide bonds. The van der Waals surface area contributed by atoms with Crippen molar-refractivity contribution in [3.63, 3.8) is 0 Å². The molecule has 1 heterocycles. The van der Waals surface area contributed by atoms with Crippen LogP contribution in [0.5, 0.6) is 17.2 Å². The van der Waals surface area contributed by atoms with Gasteiger partial charge in [-0.3, -0.25) is 0 Å². The number of ether oxygens (including phenoxy) is 2. The zero-order chi connectivity index (χ0) is 17.8. The Bertz CT molecular complexity index is 898. The van der Waals surface area contributed by atoms with E-state index < -0.39 is 0 Å². The Morgan fingerprint density at radius 1 is 1.16 bits per heavy atom. The number of rotatable bonds is 6. The van der Waals surface area contributed by atoms with Crippen LogP contribution in [0.4, 0.5) is 0 Å². The highest BCUT2D eigenvalue weighted by atomic mass is 16.5. The monoisotopic (exact) mass is 337 g/mol. The first-order chi connectivity index (χ1) is 12.1.